The van der Waals surface area contributed by atoms with E-state index in [9.17, 15) is 32.7 Å². The molecule has 6 aromatic rings. The Kier molecular flexibility index (Phi) is 41.2. The number of carbonyl (C=O) groups is 3. The normalized spacial score (nSPS) is 17.6. The number of benzene rings is 2. The summed E-state index contributed by atoms with van der Waals surface area (Å²) in [5.41, 5.74) is 7.87. The van der Waals surface area contributed by atoms with Crippen LogP contribution in [0.4, 0.5) is 61.7 Å². The third-order valence-electron chi connectivity index (χ3n) is 15.1. The third-order valence-corrected chi connectivity index (χ3v) is 17.9. The van der Waals surface area contributed by atoms with E-state index in [1.54, 1.807) is 55.9 Å². The molecule has 4 aliphatic rings. The lowest BCUT2D eigenvalue weighted by atomic mass is 10.2. The van der Waals surface area contributed by atoms with Crippen molar-refractivity contribution in [2.75, 3.05) is 171 Å². The fraction of sp³-hybridized carbons (Fsp3) is 0.485. The lowest BCUT2D eigenvalue weighted by Crippen LogP contribution is -2.41. The smallest absolute Gasteiger partial charge is 0.410 e. The van der Waals surface area contributed by atoms with Crippen molar-refractivity contribution in [2.45, 2.75) is 77.2 Å². The fourth-order valence-electron chi connectivity index (χ4n) is 10.4. The van der Waals surface area contributed by atoms with Gasteiger partial charge in [-0.25, -0.2) is 23.2 Å². The van der Waals surface area contributed by atoms with E-state index >= 15 is 0 Å². The van der Waals surface area contributed by atoms with Gasteiger partial charge in [0.25, 0.3) is 0 Å². The van der Waals surface area contributed by atoms with Gasteiger partial charge in [0.1, 0.15) is 22.8 Å². The molecule has 0 bridgehead atoms. The standard InChI is InChI=1S/C18H18Cl3FN4O2.C16H23Cl2N3O3.C15H21Cl2N3O3.C11H15Cl2N3O.C6H5ClFN.CH3F.CH4O.ClH/c1-28-12-9-25(17-14(20)7-23-8-15(17)21)4-5-26(10-12)18(27)24-11-2-3-16(22)13(19)6-11;1-16(2,3)24-15(22)21-6-5-20(9-11(10-21)23-4)14-12(17)7-19-8-13(14)18;1-15(2,3)23-14(22)20-5-4-19(8-10(21)9-20)13-11(16)6-18-7-12(13)17;1-17-8-4-14-2-3-16(7-8)11-9(12)5-15-6-10(11)13;7-5-3-4(9)1-2-6(5)8;2*1-2;/h2-3,6-8,12H,4-5,9-10H2,1H3,(H,24,27);7-8,11H,5-6,9-10H2,1-4H3;6-7,10,21H,4-5,8-9H2,1-3H3;5-6,8,14H,2-4,7H2,1H3;1-3H,9H2;1H3;2H,1H3;1H/i;;;;;1D;;. The van der Waals surface area contributed by atoms with Gasteiger partial charge in [0.2, 0.25) is 0 Å². The predicted molar refractivity (Wildman–Crippen MR) is 423 cm³/mol. The molecule has 4 amide bonds. The molecule has 2 aromatic carbocycles. The molecule has 10 rings (SSSR count). The first-order valence-electron chi connectivity index (χ1n) is 32.9. The van der Waals surface area contributed by atoms with E-state index in [-0.39, 0.29) is 59.4 Å². The zero-order chi connectivity index (χ0) is 79.2. The minimum atomic E-state index is -1.00. The summed E-state index contributed by atoms with van der Waals surface area (Å²) in [6, 6.07) is 7.75. The number of aliphatic hydroxyl groups excluding tert-OH is 2. The van der Waals surface area contributed by atoms with Crippen molar-refractivity contribution in [2.24, 2.45) is 0 Å². The van der Waals surface area contributed by atoms with Crippen LogP contribution in [0.2, 0.25) is 50.2 Å². The van der Waals surface area contributed by atoms with Crippen LogP contribution in [-0.2, 0) is 23.7 Å². The second-order valence-corrected chi connectivity index (χ2v) is 29.1. The molecule has 6 N–H and O–H groups in total. The average molecular weight is 1710 g/mol. The number of anilines is 6. The number of β-amino-alcohol motifs (C(OH)–C–C–N with tert-alkyl or cyclic N) is 1. The Balaban J connectivity index is 0.000000351. The van der Waals surface area contributed by atoms with Crippen molar-refractivity contribution in [1.82, 2.24) is 40.0 Å². The number of rotatable bonds is 8. The molecule has 38 heteroatoms. The molecule has 4 atom stereocenters. The third kappa shape index (κ3) is 30.8. The number of pyridine rings is 4. The maximum absolute atomic E-state index is 13.3. The van der Waals surface area contributed by atoms with Gasteiger partial charge in [0.15, 0.2) is 0 Å². The van der Waals surface area contributed by atoms with Crippen LogP contribution in [0.15, 0.2) is 86.0 Å². The van der Waals surface area contributed by atoms with Gasteiger partial charge in [0, 0.05) is 174 Å². The number of amides is 4. The monoisotopic (exact) mass is 1710 g/mol. The van der Waals surface area contributed by atoms with Crippen LogP contribution >= 0.6 is 128 Å². The van der Waals surface area contributed by atoms with E-state index in [1.165, 1.54) is 66.1 Å². The first-order chi connectivity index (χ1) is 50.1. The number of carbonyl (C=O) groups excluding carboxylic acids is 3. The van der Waals surface area contributed by atoms with Crippen molar-refractivity contribution in [3.63, 3.8) is 0 Å². The Morgan fingerprint density at radius 3 is 1.20 bits per heavy atom. The number of nitrogens with one attached hydrogen (secondary N) is 2. The molecule has 4 aromatic heterocycles. The highest BCUT2D eigenvalue weighted by molar-refractivity contribution is 6.41. The van der Waals surface area contributed by atoms with Crippen LogP contribution in [0.1, 0.15) is 42.9 Å². The summed E-state index contributed by atoms with van der Waals surface area (Å²) in [7, 11) is 4.92. The molecular formula is C68H90Cl11F3N14O10. The molecule has 0 aliphatic carbocycles. The number of halogens is 14. The maximum Gasteiger partial charge on any atom is 0.410 e. The second kappa shape index (κ2) is 46.9. The minimum absolute atomic E-state index is 0. The van der Waals surface area contributed by atoms with Gasteiger partial charge in [-0.1, -0.05) is 116 Å². The van der Waals surface area contributed by atoms with E-state index in [0.717, 1.165) is 39.0 Å². The Labute approximate surface area is 674 Å². The van der Waals surface area contributed by atoms with Crippen molar-refractivity contribution >= 4 is 181 Å². The van der Waals surface area contributed by atoms with Crippen LogP contribution in [0.25, 0.3) is 0 Å². The first-order valence-corrected chi connectivity index (χ1v) is 36.0. The number of aliphatic hydroxyl groups is 2. The van der Waals surface area contributed by atoms with Gasteiger partial charge in [0.05, 0.1) is 126 Å². The fourth-order valence-corrected chi connectivity index (χ4v) is 13.2. The molecule has 8 heterocycles. The topological polar surface area (TPSA) is 262 Å². The molecule has 590 valence electrons. The second-order valence-electron chi connectivity index (χ2n) is 25.1. The maximum atomic E-state index is 13.3. The number of aromatic nitrogens is 4. The summed E-state index contributed by atoms with van der Waals surface area (Å²) in [6.07, 6.45) is 10.6. The molecule has 4 unspecified atom stereocenters. The molecule has 4 aliphatic heterocycles. The number of nitrogens with zero attached hydrogens (tertiary/aromatic N) is 11. The summed E-state index contributed by atoms with van der Waals surface area (Å²) in [6.45, 7) is 19.6. The van der Waals surface area contributed by atoms with Crippen molar-refractivity contribution in [3.8, 4) is 0 Å². The van der Waals surface area contributed by atoms with Gasteiger partial charge in [-0.2, -0.15) is 0 Å². The predicted octanol–water partition coefficient (Wildman–Crippen LogP) is 15.3. The Morgan fingerprint density at radius 2 is 0.840 bits per heavy atom. The largest absolute Gasteiger partial charge is 0.444 e. The number of methoxy groups -OCH3 is 3. The molecule has 0 saturated carbocycles. The van der Waals surface area contributed by atoms with E-state index in [1.807, 2.05) is 56.2 Å². The van der Waals surface area contributed by atoms with Gasteiger partial charge in [-0.15, -0.1) is 12.4 Å². The Morgan fingerprint density at radius 1 is 0.509 bits per heavy atom. The van der Waals surface area contributed by atoms with Gasteiger partial charge in [-0.3, -0.25) is 24.3 Å². The van der Waals surface area contributed by atoms with Crippen LogP contribution in [0, 0.1) is 11.6 Å². The number of alkyl halides is 1. The molecule has 4 fully saturated rings. The summed E-state index contributed by atoms with van der Waals surface area (Å²) in [5.74, 6) is -0.985. The molecule has 0 radical (unpaired) electrons. The van der Waals surface area contributed by atoms with E-state index in [4.69, 9.17) is 152 Å². The number of hydrogen-bond acceptors (Lipinski definition) is 20. The highest BCUT2D eigenvalue weighted by Gasteiger charge is 2.33. The van der Waals surface area contributed by atoms with E-state index in [0.29, 0.717) is 141 Å². The minimum Gasteiger partial charge on any atom is -0.444 e. The number of nitrogen functional groups attached to an aromatic ring is 1. The first kappa shape index (κ1) is 93.0. The van der Waals surface area contributed by atoms with E-state index in [2.05, 4.69) is 35.5 Å². The number of nitrogens with two attached hydrogens (primary N) is 1. The summed E-state index contributed by atoms with van der Waals surface area (Å²) < 4.78 is 68.4. The number of ether oxygens (including phenoxy) is 5. The van der Waals surface area contributed by atoms with Crippen LogP contribution in [-0.4, -0.2) is 239 Å². The lowest BCUT2D eigenvalue weighted by molar-refractivity contribution is 0.0137. The lowest BCUT2D eigenvalue weighted by Gasteiger charge is -2.27. The Bertz CT molecular complexity index is 3670. The highest BCUT2D eigenvalue weighted by atomic mass is 35.5. The number of urea groups is 1. The highest BCUT2D eigenvalue weighted by Crippen LogP contribution is 2.37. The average Bonchev–Trinajstić information content (AvgIpc) is 1.74. The molecule has 106 heavy (non-hydrogen) atoms. The zero-order valence-electron chi connectivity index (χ0n) is 60.9. The molecule has 24 nitrogen and oxygen atoms in total. The Hall–Kier alpha value is -5.41. The zero-order valence-corrected chi connectivity index (χ0v) is 68.3. The SMILES string of the molecule is CC(C)(C)OC(=O)N1CCN(c2c(Cl)cncc2Cl)CC(O)C1.CO.COC1CN(C(=O)Nc2ccc(F)c(Cl)c2)CCN(c2c(Cl)cncc2Cl)C1.COC1CN(C(=O)OC(C)(C)C)CCN(c2c(Cl)cncc2Cl)C1.COC1CNCCN(c2c(Cl)cncc2Cl)C1.Cl.Nc1ccc(F)c(Cl)c1.[2H]CF. The van der Waals surface area contributed by atoms with Gasteiger partial charge in [-0.05, 0) is 77.9 Å². The van der Waals surface area contributed by atoms with Gasteiger partial charge >= 0.3 is 18.2 Å². The molecule has 4 saturated heterocycles. The van der Waals surface area contributed by atoms with Crippen LogP contribution in [0.3, 0.4) is 0 Å². The van der Waals surface area contributed by atoms with Crippen molar-refractivity contribution in [3.05, 3.63) is 148 Å². The van der Waals surface area contributed by atoms with Crippen molar-refractivity contribution < 1.29 is 62.8 Å². The van der Waals surface area contributed by atoms with Crippen LogP contribution in [0.5, 0.6) is 0 Å². The number of hydrogen-bond donors (Lipinski definition) is 5. The summed E-state index contributed by atoms with van der Waals surface area (Å²) in [5, 5.41) is 27.1. The molecule has 0 spiro atoms. The quantitative estimate of drug-likeness (QED) is 0.0887. The van der Waals surface area contributed by atoms with Crippen molar-refractivity contribution in [1.29, 1.82) is 0 Å². The summed E-state index contributed by atoms with van der Waals surface area (Å²) in [4.78, 5) is 65.9. The van der Waals surface area contributed by atoms with Crippen LogP contribution < -0.4 is 36.0 Å². The molecular weight excluding hydrogens is 1620 g/mol. The summed E-state index contributed by atoms with van der Waals surface area (Å²) >= 11 is 60.9. The van der Waals surface area contributed by atoms with Gasteiger partial charge < -0.3 is 84.6 Å². The van der Waals surface area contributed by atoms with E-state index < -0.39 is 42.2 Å².